The Morgan fingerprint density at radius 2 is 2.23 bits per heavy atom. The third-order valence-electron chi connectivity index (χ3n) is 3.11. The van der Waals surface area contributed by atoms with Crippen molar-refractivity contribution in [1.82, 2.24) is 14.9 Å². The fourth-order valence-corrected chi connectivity index (χ4v) is 2.40. The van der Waals surface area contributed by atoms with Crippen LogP contribution in [0.3, 0.4) is 0 Å². The van der Waals surface area contributed by atoms with Gasteiger partial charge in [-0.25, -0.2) is 4.98 Å². The monoisotopic (exact) mass is 365 g/mol. The van der Waals surface area contributed by atoms with Gasteiger partial charge in [0.15, 0.2) is 0 Å². The summed E-state index contributed by atoms with van der Waals surface area (Å²) in [5, 5.41) is 2.91. The zero-order valence-corrected chi connectivity index (χ0v) is 14.6. The Morgan fingerprint density at radius 3 is 2.86 bits per heavy atom. The first-order valence-electron chi connectivity index (χ1n) is 7.18. The molecule has 6 heteroatoms. The number of imidazole rings is 1. The Morgan fingerprint density at radius 1 is 1.45 bits per heavy atom. The van der Waals surface area contributed by atoms with Crippen molar-refractivity contribution in [1.29, 1.82) is 0 Å². The molecule has 0 saturated heterocycles. The third-order valence-corrected chi connectivity index (χ3v) is 3.60. The van der Waals surface area contributed by atoms with E-state index in [1.54, 1.807) is 12.3 Å². The molecule has 0 aliphatic heterocycles. The lowest BCUT2D eigenvalue weighted by atomic mass is 10.2. The molecule has 1 heterocycles. The molecule has 22 heavy (non-hydrogen) atoms. The van der Waals surface area contributed by atoms with E-state index in [1.165, 1.54) is 0 Å². The highest BCUT2D eigenvalue weighted by atomic mass is 79.9. The number of aryl methyl sites for hydroxylation is 1. The number of nitrogens with zero attached hydrogens (tertiary/aromatic N) is 2. The molecule has 0 spiro atoms. The number of carbonyl (C=O) groups excluding carboxylic acids is 1. The van der Waals surface area contributed by atoms with Crippen LogP contribution in [0.5, 0.6) is 5.75 Å². The molecular formula is C16H20BrN3O2. The first-order valence-corrected chi connectivity index (χ1v) is 7.97. The van der Waals surface area contributed by atoms with Crippen molar-refractivity contribution in [2.75, 3.05) is 6.54 Å². The maximum Gasteiger partial charge on any atom is 0.255 e. The number of rotatable bonds is 6. The van der Waals surface area contributed by atoms with Gasteiger partial charge >= 0.3 is 0 Å². The van der Waals surface area contributed by atoms with Crippen LogP contribution in [-0.4, -0.2) is 28.1 Å². The quantitative estimate of drug-likeness (QED) is 0.855. The standard InChI is InChI=1S/C16H20BrN3O2/c1-11(2)22-14-10-12(17)4-5-13(14)16(21)19-7-6-15-18-8-9-20(15)3/h4-5,8-11H,6-7H2,1-3H3,(H,19,21). The molecule has 1 N–H and O–H groups in total. The van der Waals surface area contributed by atoms with Crippen molar-refractivity contribution in [3.05, 3.63) is 46.5 Å². The average Bonchev–Trinajstić information content (AvgIpc) is 2.84. The molecular weight excluding hydrogens is 346 g/mol. The first kappa shape index (κ1) is 16.5. The molecule has 0 radical (unpaired) electrons. The smallest absolute Gasteiger partial charge is 0.255 e. The van der Waals surface area contributed by atoms with Crippen molar-refractivity contribution >= 4 is 21.8 Å². The number of carbonyl (C=O) groups is 1. The summed E-state index contributed by atoms with van der Waals surface area (Å²) in [5.74, 6) is 1.38. The third kappa shape index (κ3) is 4.34. The number of halogens is 1. The largest absolute Gasteiger partial charge is 0.490 e. The van der Waals surface area contributed by atoms with Crippen LogP contribution in [0.4, 0.5) is 0 Å². The molecule has 118 valence electrons. The maximum absolute atomic E-state index is 12.3. The second-order valence-corrected chi connectivity index (χ2v) is 6.18. The molecule has 2 aromatic rings. The number of benzene rings is 1. The van der Waals surface area contributed by atoms with E-state index in [0.29, 0.717) is 24.3 Å². The van der Waals surface area contributed by atoms with Crippen LogP contribution in [0, 0.1) is 0 Å². The minimum atomic E-state index is -0.141. The lowest BCUT2D eigenvalue weighted by molar-refractivity contribution is 0.0948. The number of aromatic nitrogens is 2. The predicted molar refractivity (Wildman–Crippen MR) is 89.2 cm³/mol. The van der Waals surface area contributed by atoms with Gasteiger partial charge in [-0.2, -0.15) is 0 Å². The number of ether oxygens (including phenoxy) is 1. The normalized spacial score (nSPS) is 10.8. The second-order valence-electron chi connectivity index (χ2n) is 5.27. The van der Waals surface area contributed by atoms with E-state index in [0.717, 1.165) is 10.3 Å². The van der Waals surface area contributed by atoms with Crippen LogP contribution >= 0.6 is 15.9 Å². The fourth-order valence-electron chi connectivity index (χ4n) is 2.06. The minimum Gasteiger partial charge on any atom is -0.490 e. The van der Waals surface area contributed by atoms with Crippen molar-refractivity contribution in [3.63, 3.8) is 0 Å². The Balaban J connectivity index is 2.01. The van der Waals surface area contributed by atoms with Gasteiger partial charge in [0, 0.05) is 36.9 Å². The molecule has 1 aromatic heterocycles. The van der Waals surface area contributed by atoms with Crippen LogP contribution in [-0.2, 0) is 13.5 Å². The summed E-state index contributed by atoms with van der Waals surface area (Å²) in [6.07, 6.45) is 4.33. The van der Waals surface area contributed by atoms with E-state index in [2.05, 4.69) is 26.2 Å². The van der Waals surface area contributed by atoms with Gasteiger partial charge in [0.1, 0.15) is 11.6 Å². The van der Waals surface area contributed by atoms with Gasteiger partial charge in [0.2, 0.25) is 0 Å². The van der Waals surface area contributed by atoms with Crippen LogP contribution in [0.1, 0.15) is 30.0 Å². The molecule has 0 aliphatic rings. The van der Waals surface area contributed by atoms with Gasteiger partial charge in [0.05, 0.1) is 11.7 Å². The van der Waals surface area contributed by atoms with E-state index in [-0.39, 0.29) is 12.0 Å². The van der Waals surface area contributed by atoms with Crippen LogP contribution in [0.25, 0.3) is 0 Å². The summed E-state index contributed by atoms with van der Waals surface area (Å²) in [4.78, 5) is 16.6. The Bertz CT molecular complexity index is 653. The minimum absolute atomic E-state index is 0.00779. The molecule has 5 nitrogen and oxygen atoms in total. The summed E-state index contributed by atoms with van der Waals surface area (Å²) >= 11 is 3.40. The molecule has 0 bridgehead atoms. The van der Waals surface area contributed by atoms with E-state index in [4.69, 9.17) is 4.74 Å². The Labute approximate surface area is 138 Å². The highest BCUT2D eigenvalue weighted by molar-refractivity contribution is 9.10. The van der Waals surface area contributed by atoms with Gasteiger partial charge in [-0.05, 0) is 32.0 Å². The fraction of sp³-hybridized carbons (Fsp3) is 0.375. The van der Waals surface area contributed by atoms with Gasteiger partial charge in [-0.15, -0.1) is 0 Å². The molecule has 1 amide bonds. The first-order chi connectivity index (χ1) is 10.5. The highest BCUT2D eigenvalue weighted by Gasteiger charge is 2.14. The summed E-state index contributed by atoms with van der Waals surface area (Å²) in [6.45, 7) is 4.40. The lowest BCUT2D eigenvalue weighted by Gasteiger charge is -2.14. The van der Waals surface area contributed by atoms with E-state index in [1.807, 2.05) is 43.8 Å². The van der Waals surface area contributed by atoms with Gasteiger partial charge in [0.25, 0.3) is 5.91 Å². The SMILES string of the molecule is CC(C)Oc1cc(Br)ccc1C(=O)NCCc1nccn1C. The topological polar surface area (TPSA) is 56.1 Å². The van der Waals surface area contributed by atoms with Crippen LogP contribution in [0.2, 0.25) is 0 Å². The van der Waals surface area contributed by atoms with E-state index >= 15 is 0 Å². The molecule has 0 unspecified atom stereocenters. The molecule has 0 saturated carbocycles. The molecule has 0 fully saturated rings. The highest BCUT2D eigenvalue weighted by Crippen LogP contribution is 2.24. The Hall–Kier alpha value is -1.82. The average molecular weight is 366 g/mol. The summed E-state index contributed by atoms with van der Waals surface area (Å²) in [5.41, 5.74) is 0.539. The summed E-state index contributed by atoms with van der Waals surface area (Å²) in [7, 11) is 1.94. The van der Waals surface area contributed by atoms with Crippen LogP contribution in [0.15, 0.2) is 35.1 Å². The lowest BCUT2D eigenvalue weighted by Crippen LogP contribution is -2.27. The van der Waals surface area contributed by atoms with Gasteiger partial charge in [-0.1, -0.05) is 15.9 Å². The van der Waals surface area contributed by atoms with Crippen molar-refractivity contribution in [2.45, 2.75) is 26.4 Å². The van der Waals surface area contributed by atoms with Crippen molar-refractivity contribution in [2.24, 2.45) is 7.05 Å². The summed E-state index contributed by atoms with van der Waals surface area (Å²) < 4.78 is 8.54. The molecule has 0 aliphatic carbocycles. The van der Waals surface area contributed by atoms with Crippen molar-refractivity contribution < 1.29 is 9.53 Å². The number of hydrogen-bond donors (Lipinski definition) is 1. The number of amides is 1. The summed E-state index contributed by atoms with van der Waals surface area (Å²) in [6, 6.07) is 5.41. The Kier molecular flexibility index (Phi) is 5.60. The van der Waals surface area contributed by atoms with Crippen LogP contribution < -0.4 is 10.1 Å². The molecule has 0 atom stereocenters. The number of hydrogen-bond acceptors (Lipinski definition) is 3. The van der Waals surface area contributed by atoms with Gasteiger partial charge in [-0.3, -0.25) is 4.79 Å². The van der Waals surface area contributed by atoms with Crippen molar-refractivity contribution in [3.8, 4) is 5.75 Å². The zero-order valence-electron chi connectivity index (χ0n) is 13.0. The van der Waals surface area contributed by atoms with E-state index in [9.17, 15) is 4.79 Å². The maximum atomic E-state index is 12.3. The van der Waals surface area contributed by atoms with E-state index < -0.39 is 0 Å². The molecule has 1 aromatic carbocycles. The predicted octanol–water partition coefficient (Wildman–Crippen LogP) is 2.94. The number of nitrogens with one attached hydrogen (secondary N) is 1. The van der Waals surface area contributed by atoms with Gasteiger partial charge < -0.3 is 14.6 Å². The molecule has 2 rings (SSSR count). The second kappa shape index (κ2) is 7.45. The zero-order chi connectivity index (χ0) is 16.1.